The van der Waals surface area contributed by atoms with Crippen LogP contribution in [0.5, 0.6) is 5.75 Å². The van der Waals surface area contributed by atoms with E-state index >= 15 is 0 Å². The van der Waals surface area contributed by atoms with Gasteiger partial charge in [0.1, 0.15) is 10.6 Å². The van der Waals surface area contributed by atoms with Crippen LogP contribution in [0.4, 0.5) is 0 Å². The predicted octanol–water partition coefficient (Wildman–Crippen LogP) is -0.0150. The number of methoxy groups -OCH3 is 1. The van der Waals surface area contributed by atoms with Crippen molar-refractivity contribution in [3.05, 3.63) is 23.8 Å². The molecule has 2 heterocycles. The molecule has 30 heavy (non-hydrogen) atoms. The fourth-order valence-corrected chi connectivity index (χ4v) is 4.95. The molecule has 3 amide bonds. The number of carbonyl (C=O) groups is 3. The molecule has 1 aromatic carbocycles. The maximum Gasteiger partial charge on any atom is 0.251 e. The number of imide groups is 1. The molecule has 0 saturated carbocycles. The quantitative estimate of drug-likeness (QED) is 0.446. The summed E-state index contributed by atoms with van der Waals surface area (Å²) in [6.07, 6.45) is 0.882. The van der Waals surface area contributed by atoms with Crippen LogP contribution in [-0.4, -0.2) is 81.8 Å². The normalized spacial score (nSPS) is 18.0. The first-order valence-electron chi connectivity index (χ1n) is 9.72. The van der Waals surface area contributed by atoms with Gasteiger partial charge in [-0.15, -0.1) is 0 Å². The lowest BCUT2D eigenvalue weighted by Gasteiger charge is -2.26. The number of amides is 3. The molecule has 11 heteroatoms. The number of rotatable bonds is 8. The number of ether oxygens (including phenoxy) is 2. The zero-order valence-corrected chi connectivity index (χ0v) is 17.6. The van der Waals surface area contributed by atoms with E-state index in [1.54, 1.807) is 0 Å². The molecule has 10 nitrogen and oxygen atoms in total. The average Bonchev–Trinajstić information content (AvgIpc) is 3.08. The average molecular weight is 439 g/mol. The van der Waals surface area contributed by atoms with Gasteiger partial charge in [-0.05, 0) is 24.6 Å². The summed E-state index contributed by atoms with van der Waals surface area (Å²) in [6, 6.07) is 4.23. The molecule has 2 aliphatic heterocycles. The third-order valence-corrected chi connectivity index (χ3v) is 6.93. The number of hydrogen-bond acceptors (Lipinski definition) is 7. The lowest BCUT2D eigenvalue weighted by Crippen LogP contribution is -2.40. The number of nitrogens with one attached hydrogen (secondary N) is 1. The summed E-state index contributed by atoms with van der Waals surface area (Å²) >= 11 is 0. The Morgan fingerprint density at radius 1 is 1.17 bits per heavy atom. The molecule has 0 atom stereocenters. The van der Waals surface area contributed by atoms with Gasteiger partial charge in [0.15, 0.2) is 0 Å². The highest BCUT2D eigenvalue weighted by atomic mass is 32.2. The fourth-order valence-electron chi connectivity index (χ4n) is 3.36. The summed E-state index contributed by atoms with van der Waals surface area (Å²) in [6.45, 7) is 1.57. The minimum absolute atomic E-state index is 0.0761. The van der Waals surface area contributed by atoms with E-state index in [4.69, 9.17) is 9.47 Å². The molecule has 0 aromatic heterocycles. The maximum atomic E-state index is 13.0. The third kappa shape index (κ3) is 4.79. The van der Waals surface area contributed by atoms with E-state index in [9.17, 15) is 22.8 Å². The molecule has 1 N–H and O–H groups in total. The largest absolute Gasteiger partial charge is 0.495 e. The van der Waals surface area contributed by atoms with Crippen LogP contribution < -0.4 is 10.1 Å². The molecule has 0 radical (unpaired) electrons. The SMILES string of the molecule is COc1ccc(C(=O)NCCCN2C(=O)CCC2=O)cc1S(=O)(=O)N1CCOCC1. The van der Waals surface area contributed by atoms with Gasteiger partial charge in [0, 0.05) is 44.6 Å². The van der Waals surface area contributed by atoms with Gasteiger partial charge in [-0.25, -0.2) is 8.42 Å². The van der Waals surface area contributed by atoms with Gasteiger partial charge in [-0.2, -0.15) is 4.31 Å². The van der Waals surface area contributed by atoms with Gasteiger partial charge in [0.05, 0.1) is 20.3 Å². The highest BCUT2D eigenvalue weighted by Crippen LogP contribution is 2.28. The molecule has 0 bridgehead atoms. The van der Waals surface area contributed by atoms with Crippen molar-refractivity contribution in [1.29, 1.82) is 0 Å². The van der Waals surface area contributed by atoms with Crippen molar-refractivity contribution in [2.24, 2.45) is 0 Å². The summed E-state index contributed by atoms with van der Waals surface area (Å²) in [7, 11) is -2.47. The first-order chi connectivity index (χ1) is 14.3. The number of hydrogen-bond donors (Lipinski definition) is 1. The Labute approximate surface area is 175 Å². The first-order valence-corrected chi connectivity index (χ1v) is 11.2. The Kier molecular flexibility index (Phi) is 7.06. The van der Waals surface area contributed by atoms with E-state index in [1.165, 1.54) is 34.5 Å². The van der Waals surface area contributed by atoms with Crippen molar-refractivity contribution in [3.63, 3.8) is 0 Å². The monoisotopic (exact) mass is 439 g/mol. The molecule has 2 saturated heterocycles. The highest BCUT2D eigenvalue weighted by Gasteiger charge is 2.30. The molecule has 0 aliphatic carbocycles. The van der Waals surface area contributed by atoms with E-state index in [2.05, 4.69) is 5.32 Å². The van der Waals surface area contributed by atoms with E-state index < -0.39 is 15.9 Å². The second-order valence-corrected chi connectivity index (χ2v) is 8.84. The molecule has 1 aromatic rings. The van der Waals surface area contributed by atoms with Crippen molar-refractivity contribution in [2.45, 2.75) is 24.2 Å². The molecule has 0 unspecified atom stereocenters. The number of morpholine rings is 1. The van der Waals surface area contributed by atoms with Crippen molar-refractivity contribution < 1.29 is 32.3 Å². The van der Waals surface area contributed by atoms with Gasteiger partial charge in [0.25, 0.3) is 5.91 Å². The van der Waals surface area contributed by atoms with Gasteiger partial charge in [-0.3, -0.25) is 19.3 Å². The number of carbonyl (C=O) groups excluding carboxylic acids is 3. The lowest BCUT2D eigenvalue weighted by atomic mass is 10.2. The smallest absolute Gasteiger partial charge is 0.251 e. The van der Waals surface area contributed by atoms with Crippen LogP contribution in [-0.2, 0) is 24.3 Å². The highest BCUT2D eigenvalue weighted by molar-refractivity contribution is 7.89. The standard InChI is InChI=1S/C19H25N3O7S/c1-28-15-4-3-14(13-16(15)30(26,27)21-9-11-29-12-10-21)19(25)20-7-2-8-22-17(23)5-6-18(22)24/h3-4,13H,2,5-12H2,1H3,(H,20,25). The van der Waals surface area contributed by atoms with E-state index in [-0.39, 0.29) is 67.0 Å². The van der Waals surface area contributed by atoms with Gasteiger partial charge < -0.3 is 14.8 Å². The molecule has 2 aliphatic rings. The van der Waals surface area contributed by atoms with Gasteiger partial charge in [-0.1, -0.05) is 0 Å². The Hall–Kier alpha value is -2.50. The Bertz CT molecular complexity index is 910. The molecular weight excluding hydrogens is 414 g/mol. The molecule has 0 spiro atoms. The predicted molar refractivity (Wildman–Crippen MR) is 105 cm³/mol. The van der Waals surface area contributed by atoms with E-state index in [0.717, 1.165) is 0 Å². The summed E-state index contributed by atoms with van der Waals surface area (Å²) in [5.74, 6) is -0.682. The van der Waals surface area contributed by atoms with Crippen molar-refractivity contribution in [3.8, 4) is 5.75 Å². The zero-order valence-electron chi connectivity index (χ0n) is 16.8. The number of nitrogens with zero attached hydrogens (tertiary/aromatic N) is 2. The zero-order chi connectivity index (χ0) is 21.7. The fraction of sp³-hybridized carbons (Fsp3) is 0.526. The van der Waals surface area contributed by atoms with Crippen LogP contribution in [0.25, 0.3) is 0 Å². The first kappa shape index (κ1) is 22.2. The Morgan fingerprint density at radius 3 is 2.47 bits per heavy atom. The summed E-state index contributed by atoms with van der Waals surface area (Å²) in [4.78, 5) is 36.8. The molecule has 164 valence electrons. The lowest BCUT2D eigenvalue weighted by molar-refractivity contribution is -0.138. The van der Waals surface area contributed by atoms with Crippen LogP contribution in [0.2, 0.25) is 0 Å². The summed E-state index contributed by atoms with van der Waals surface area (Å²) in [5.41, 5.74) is 0.177. The maximum absolute atomic E-state index is 13.0. The number of sulfonamides is 1. The van der Waals surface area contributed by atoms with Crippen LogP contribution in [0.1, 0.15) is 29.6 Å². The van der Waals surface area contributed by atoms with Gasteiger partial charge >= 0.3 is 0 Å². The van der Waals surface area contributed by atoms with Crippen molar-refractivity contribution >= 4 is 27.7 Å². The Morgan fingerprint density at radius 2 is 1.83 bits per heavy atom. The van der Waals surface area contributed by atoms with Gasteiger partial charge in [0.2, 0.25) is 21.8 Å². The Balaban J connectivity index is 1.65. The second-order valence-electron chi connectivity index (χ2n) is 6.93. The van der Waals surface area contributed by atoms with Crippen molar-refractivity contribution in [2.75, 3.05) is 46.5 Å². The van der Waals surface area contributed by atoms with E-state index in [0.29, 0.717) is 19.6 Å². The molecule has 2 fully saturated rings. The third-order valence-electron chi connectivity index (χ3n) is 5.01. The second kappa shape index (κ2) is 9.54. The van der Waals surface area contributed by atoms with Crippen LogP contribution in [0.3, 0.4) is 0 Å². The molecular formula is C19H25N3O7S. The minimum Gasteiger partial charge on any atom is -0.495 e. The molecule has 3 rings (SSSR count). The summed E-state index contributed by atoms with van der Waals surface area (Å²) < 4.78 is 37.7. The van der Waals surface area contributed by atoms with Crippen molar-refractivity contribution in [1.82, 2.24) is 14.5 Å². The van der Waals surface area contributed by atoms with Crippen LogP contribution >= 0.6 is 0 Å². The van der Waals surface area contributed by atoms with Crippen LogP contribution in [0, 0.1) is 0 Å². The number of benzene rings is 1. The van der Waals surface area contributed by atoms with Crippen LogP contribution in [0.15, 0.2) is 23.1 Å². The van der Waals surface area contributed by atoms with E-state index in [1.807, 2.05) is 0 Å². The minimum atomic E-state index is -3.84. The summed E-state index contributed by atoms with van der Waals surface area (Å²) in [5, 5.41) is 2.69. The number of likely N-dealkylation sites (tertiary alicyclic amines) is 1. The topological polar surface area (TPSA) is 122 Å².